The van der Waals surface area contributed by atoms with E-state index >= 15 is 0 Å². The van der Waals surface area contributed by atoms with E-state index in [-0.39, 0.29) is 26.1 Å². The van der Waals surface area contributed by atoms with Gasteiger partial charge in [0.1, 0.15) is 19.8 Å². The third-order valence-electron chi connectivity index (χ3n) is 9.73. The molecular formula is C46H83NO9P+. The number of allylic oxidation sites excluding steroid dienone is 6. The van der Waals surface area contributed by atoms with E-state index in [1.54, 1.807) is 0 Å². The molecule has 1 aliphatic heterocycles. The quantitative estimate of drug-likeness (QED) is 0.0161. The third kappa shape index (κ3) is 35.6. The number of hydrogen-bond donors (Lipinski definition) is 1. The molecule has 4 atom stereocenters. The number of quaternary nitrogens is 1. The van der Waals surface area contributed by atoms with Crippen LogP contribution in [0.3, 0.4) is 0 Å². The highest BCUT2D eigenvalue weighted by atomic mass is 31.2. The number of ether oxygens (including phenoxy) is 3. The zero-order chi connectivity index (χ0) is 41.9. The van der Waals surface area contributed by atoms with Crippen LogP contribution in [-0.2, 0) is 37.4 Å². The lowest BCUT2D eigenvalue weighted by molar-refractivity contribution is -0.870. The number of phosphoric acid groups is 1. The highest BCUT2D eigenvalue weighted by molar-refractivity contribution is 7.47. The van der Waals surface area contributed by atoms with Gasteiger partial charge in [0.15, 0.2) is 6.10 Å². The molecule has 0 radical (unpaired) electrons. The Labute approximate surface area is 348 Å². The number of carbonyl (C=O) groups is 2. The smallest absolute Gasteiger partial charge is 0.462 e. The normalized spacial score (nSPS) is 17.6. The van der Waals surface area contributed by atoms with Crippen LogP contribution in [-0.4, -0.2) is 87.1 Å². The number of carbonyl (C=O) groups excluding carboxylic acids is 2. The Bertz CT molecular complexity index is 1180. The van der Waals surface area contributed by atoms with Crippen molar-refractivity contribution in [2.75, 3.05) is 47.5 Å². The second-order valence-corrected chi connectivity index (χ2v) is 17.9. The van der Waals surface area contributed by atoms with E-state index < -0.39 is 32.5 Å². The molecule has 0 aromatic rings. The molecule has 1 saturated heterocycles. The minimum absolute atomic E-state index is 0.0164. The van der Waals surface area contributed by atoms with Crippen molar-refractivity contribution in [1.82, 2.24) is 0 Å². The average Bonchev–Trinajstić information content (AvgIpc) is 3.92. The van der Waals surface area contributed by atoms with Crippen molar-refractivity contribution in [1.29, 1.82) is 0 Å². The Morgan fingerprint density at radius 3 is 1.77 bits per heavy atom. The summed E-state index contributed by atoms with van der Waals surface area (Å²) in [6.45, 7) is 4.29. The summed E-state index contributed by atoms with van der Waals surface area (Å²) < 4.78 is 40.0. The fourth-order valence-electron chi connectivity index (χ4n) is 6.04. The van der Waals surface area contributed by atoms with E-state index in [4.69, 9.17) is 23.3 Å². The Kier molecular flexibility index (Phi) is 32.3. The van der Waals surface area contributed by atoms with Gasteiger partial charge >= 0.3 is 19.8 Å². The predicted molar refractivity (Wildman–Crippen MR) is 233 cm³/mol. The van der Waals surface area contributed by atoms with Gasteiger partial charge in [-0.05, 0) is 77.0 Å². The van der Waals surface area contributed by atoms with Crippen molar-refractivity contribution in [3.63, 3.8) is 0 Å². The Morgan fingerprint density at radius 1 is 0.632 bits per heavy atom. The minimum Gasteiger partial charge on any atom is -0.462 e. The molecule has 0 aliphatic carbocycles. The maximum absolute atomic E-state index is 12.7. The average molecular weight is 825 g/mol. The molecule has 0 saturated carbocycles. The first-order valence-electron chi connectivity index (χ1n) is 22.5. The Hall–Kier alpha value is -2.07. The van der Waals surface area contributed by atoms with Gasteiger partial charge in [0.05, 0.1) is 40.0 Å². The first-order chi connectivity index (χ1) is 27.5. The summed E-state index contributed by atoms with van der Waals surface area (Å²) in [6.07, 6.45) is 41.9. The molecule has 1 rings (SSSR count). The molecule has 330 valence electrons. The van der Waals surface area contributed by atoms with Crippen molar-refractivity contribution in [3.05, 3.63) is 48.6 Å². The second kappa shape index (κ2) is 34.8. The highest BCUT2D eigenvalue weighted by Gasteiger charge is 2.36. The fraction of sp³-hybridized carbons (Fsp3) is 0.783. The lowest BCUT2D eigenvalue weighted by Gasteiger charge is -2.24. The van der Waals surface area contributed by atoms with Gasteiger partial charge in [-0.1, -0.05) is 127 Å². The van der Waals surface area contributed by atoms with Crippen LogP contribution in [0.5, 0.6) is 0 Å². The lowest BCUT2D eigenvalue weighted by Crippen LogP contribution is -2.37. The number of unbranched alkanes of at least 4 members (excludes halogenated alkanes) is 15. The summed E-state index contributed by atoms with van der Waals surface area (Å²) >= 11 is 0. The second-order valence-electron chi connectivity index (χ2n) is 16.5. The van der Waals surface area contributed by atoms with E-state index in [0.717, 1.165) is 64.2 Å². The third-order valence-corrected chi connectivity index (χ3v) is 10.7. The van der Waals surface area contributed by atoms with E-state index in [2.05, 4.69) is 56.4 Å². The molecule has 10 nitrogen and oxygen atoms in total. The van der Waals surface area contributed by atoms with Crippen molar-refractivity contribution < 1.29 is 46.8 Å². The van der Waals surface area contributed by atoms with Crippen LogP contribution in [0.15, 0.2) is 48.6 Å². The molecule has 4 unspecified atom stereocenters. The van der Waals surface area contributed by atoms with Gasteiger partial charge in [0.2, 0.25) is 0 Å². The summed E-state index contributed by atoms with van der Waals surface area (Å²) in [4.78, 5) is 35.4. The molecule has 1 N–H and O–H groups in total. The van der Waals surface area contributed by atoms with Crippen LogP contribution in [0, 0.1) is 0 Å². The van der Waals surface area contributed by atoms with E-state index in [9.17, 15) is 19.0 Å². The van der Waals surface area contributed by atoms with Gasteiger partial charge in [0.25, 0.3) is 0 Å². The van der Waals surface area contributed by atoms with Crippen LogP contribution in [0.1, 0.15) is 168 Å². The maximum atomic E-state index is 12.7. The number of phosphoric ester groups is 1. The molecule has 0 aromatic heterocycles. The van der Waals surface area contributed by atoms with E-state index in [0.29, 0.717) is 36.1 Å². The van der Waals surface area contributed by atoms with Crippen molar-refractivity contribution in [3.8, 4) is 0 Å². The lowest BCUT2D eigenvalue weighted by atomic mass is 10.1. The first-order valence-corrected chi connectivity index (χ1v) is 24.0. The zero-order valence-electron chi connectivity index (χ0n) is 36.8. The van der Waals surface area contributed by atoms with Gasteiger partial charge < -0.3 is 23.6 Å². The van der Waals surface area contributed by atoms with Crippen LogP contribution in [0.2, 0.25) is 0 Å². The SMILES string of the molecule is CCCCC/C=C\CC1OC1C/C=C\C/C=C\CCCC(=O)OC(COC(=O)CCCCCCC/C=C\CCCCCCCC)COP(=O)(O)OCC[N+](C)(C)C. The molecule has 0 bridgehead atoms. The summed E-state index contributed by atoms with van der Waals surface area (Å²) in [5.74, 6) is -0.882. The topological polar surface area (TPSA) is 121 Å². The monoisotopic (exact) mass is 825 g/mol. The number of epoxide rings is 1. The van der Waals surface area contributed by atoms with Crippen LogP contribution >= 0.6 is 7.82 Å². The summed E-state index contributed by atoms with van der Waals surface area (Å²) in [6, 6.07) is 0. The first kappa shape index (κ1) is 52.9. The van der Waals surface area contributed by atoms with E-state index in [1.807, 2.05) is 27.2 Å². The highest BCUT2D eigenvalue weighted by Crippen LogP contribution is 2.43. The van der Waals surface area contributed by atoms with Gasteiger partial charge in [-0.25, -0.2) is 4.57 Å². The van der Waals surface area contributed by atoms with Gasteiger partial charge in [-0.3, -0.25) is 18.6 Å². The molecule has 1 fully saturated rings. The molecular weight excluding hydrogens is 741 g/mol. The van der Waals surface area contributed by atoms with Gasteiger partial charge in [-0.2, -0.15) is 0 Å². The van der Waals surface area contributed by atoms with Crippen molar-refractivity contribution in [2.45, 2.75) is 186 Å². The predicted octanol–water partition coefficient (Wildman–Crippen LogP) is 11.7. The number of nitrogens with zero attached hydrogens (tertiary/aromatic N) is 1. The molecule has 1 heterocycles. The Morgan fingerprint density at radius 2 is 1.12 bits per heavy atom. The minimum atomic E-state index is -4.40. The molecule has 1 aliphatic rings. The number of rotatable bonds is 39. The van der Waals surface area contributed by atoms with Crippen LogP contribution < -0.4 is 0 Å². The van der Waals surface area contributed by atoms with Crippen LogP contribution in [0.25, 0.3) is 0 Å². The van der Waals surface area contributed by atoms with E-state index in [1.165, 1.54) is 64.2 Å². The Balaban J connectivity index is 2.33. The summed E-state index contributed by atoms with van der Waals surface area (Å²) in [7, 11) is 1.42. The number of hydrogen-bond acceptors (Lipinski definition) is 8. The van der Waals surface area contributed by atoms with Crippen molar-refractivity contribution >= 4 is 19.8 Å². The molecule has 11 heteroatoms. The molecule has 57 heavy (non-hydrogen) atoms. The molecule has 0 aromatic carbocycles. The zero-order valence-corrected chi connectivity index (χ0v) is 37.7. The standard InChI is InChI=1S/C46H82NO9P/c1-6-8-10-12-14-15-16-17-18-19-20-21-24-28-32-36-45(48)52-40-42(41-54-57(50,51)53-39-38-47(3,4)5)55-46(49)37-33-29-25-22-23-27-31-35-44-43(56-44)34-30-26-13-11-9-7-2/h17-18,22,25-27,30-31,42-44H,6-16,19-21,23-24,28-29,32-41H2,1-5H3/p+1/b18-17-,25-22-,30-26-,31-27-. The largest absolute Gasteiger partial charge is 0.472 e. The summed E-state index contributed by atoms with van der Waals surface area (Å²) in [5, 5.41) is 0. The molecule has 0 amide bonds. The van der Waals surface area contributed by atoms with Crippen molar-refractivity contribution in [2.24, 2.45) is 0 Å². The molecule has 0 spiro atoms. The van der Waals surface area contributed by atoms with Gasteiger partial charge in [0, 0.05) is 12.8 Å². The summed E-state index contributed by atoms with van der Waals surface area (Å²) in [5.41, 5.74) is 0. The number of likely N-dealkylation sites (N-methyl/N-ethyl adjacent to an activating group) is 1. The number of esters is 2. The van der Waals surface area contributed by atoms with Gasteiger partial charge in [-0.15, -0.1) is 0 Å². The maximum Gasteiger partial charge on any atom is 0.472 e. The fourth-order valence-corrected chi connectivity index (χ4v) is 6.78. The van der Waals surface area contributed by atoms with Crippen LogP contribution in [0.4, 0.5) is 0 Å².